The molecule has 0 aliphatic rings. The molecule has 0 nitrogen and oxygen atoms in total. The Labute approximate surface area is 60.1 Å². The van der Waals surface area contributed by atoms with Crippen molar-refractivity contribution in [2.75, 3.05) is 0 Å². The van der Waals surface area contributed by atoms with E-state index in [9.17, 15) is 0 Å². The fourth-order valence-corrected chi connectivity index (χ4v) is 1.30. The van der Waals surface area contributed by atoms with Crippen molar-refractivity contribution in [2.45, 2.75) is 24.8 Å². The molecule has 35 valence electrons. The van der Waals surface area contributed by atoms with Gasteiger partial charge in [-0.3, -0.25) is 0 Å². The number of halogens is 1. The number of rotatable bonds is 2. The Hall–Kier alpha value is 1.10. The van der Waals surface area contributed by atoms with Crippen LogP contribution in [0.1, 0.15) is 19.8 Å². The van der Waals surface area contributed by atoms with Crippen LogP contribution in [-0.4, -0.2) is 0 Å². The maximum absolute atomic E-state index is 2.23. The van der Waals surface area contributed by atoms with Crippen molar-refractivity contribution in [2.24, 2.45) is 0 Å². The summed E-state index contributed by atoms with van der Waals surface area (Å²) in [4.78, 5) is 0. The van der Waals surface area contributed by atoms with Gasteiger partial charge in [0.1, 0.15) is 0 Å². The van der Waals surface area contributed by atoms with Gasteiger partial charge in [-0.15, -0.1) is 17.0 Å². The molecule has 0 aromatic carbocycles. The first-order chi connectivity index (χ1) is 2.41. The molecule has 0 bridgehead atoms. The summed E-state index contributed by atoms with van der Waals surface area (Å²) in [5.74, 6) is 0. The minimum absolute atomic E-state index is 0. The van der Waals surface area contributed by atoms with Gasteiger partial charge in [0.15, 0.2) is 0 Å². The van der Waals surface area contributed by atoms with E-state index in [0.29, 0.717) is 0 Å². The third-order valence-corrected chi connectivity index (χ3v) is 1.65. The third-order valence-electron chi connectivity index (χ3n) is 0.604. The van der Waals surface area contributed by atoms with Crippen LogP contribution in [0.4, 0.5) is 0 Å². The van der Waals surface area contributed by atoms with E-state index in [0.717, 1.165) is 0 Å². The SMILES string of the molecule is Br.CCC[CH2][Zn]. The van der Waals surface area contributed by atoms with E-state index < -0.39 is 0 Å². The van der Waals surface area contributed by atoms with Crippen molar-refractivity contribution >= 4 is 17.0 Å². The molecule has 0 unspecified atom stereocenters. The summed E-state index contributed by atoms with van der Waals surface area (Å²) >= 11 is 1.48. The molecule has 0 radical (unpaired) electrons. The topological polar surface area (TPSA) is 0 Å². The van der Waals surface area contributed by atoms with Gasteiger partial charge in [0, 0.05) is 0 Å². The molecule has 0 atom stereocenters. The van der Waals surface area contributed by atoms with Gasteiger partial charge in [-0.05, 0) is 0 Å². The van der Waals surface area contributed by atoms with Gasteiger partial charge in [0.2, 0.25) is 0 Å². The van der Waals surface area contributed by atoms with Gasteiger partial charge >= 0.3 is 43.1 Å². The van der Waals surface area contributed by atoms with Crippen molar-refractivity contribution in [1.29, 1.82) is 0 Å². The molecule has 0 aliphatic carbocycles. The van der Waals surface area contributed by atoms with Crippen LogP contribution >= 0.6 is 17.0 Å². The van der Waals surface area contributed by atoms with E-state index in [2.05, 4.69) is 6.92 Å². The first kappa shape index (κ1) is 10.2. The molecule has 0 fully saturated rings. The van der Waals surface area contributed by atoms with Gasteiger partial charge in [-0.2, -0.15) is 0 Å². The maximum atomic E-state index is 2.23. The van der Waals surface area contributed by atoms with Crippen molar-refractivity contribution in [3.8, 4) is 0 Å². The Morgan fingerprint density at radius 3 is 2.00 bits per heavy atom. The average Bonchev–Trinajstić information content (AvgIpc) is 1.41. The zero-order valence-corrected chi connectivity index (χ0v) is 8.92. The molecule has 0 N–H and O–H groups in total. The molecule has 0 spiro atoms. The Kier molecular flexibility index (Phi) is 16.0. The molecule has 2 heteroatoms. The van der Waals surface area contributed by atoms with Crippen LogP contribution in [-0.2, 0) is 18.3 Å². The molecule has 0 amide bonds. The van der Waals surface area contributed by atoms with Crippen molar-refractivity contribution in [3.63, 3.8) is 0 Å². The molecule has 0 aromatic heterocycles. The summed E-state index contributed by atoms with van der Waals surface area (Å²) in [5, 5.41) is 1.47. The summed E-state index contributed by atoms with van der Waals surface area (Å²) in [5.41, 5.74) is 0. The molecule has 0 aliphatic heterocycles. The predicted molar refractivity (Wildman–Crippen MR) is 30.0 cm³/mol. The number of hydrogen-bond acceptors (Lipinski definition) is 0. The average molecular weight is 203 g/mol. The summed E-state index contributed by atoms with van der Waals surface area (Å²) in [6.45, 7) is 2.23. The van der Waals surface area contributed by atoms with Crippen molar-refractivity contribution in [3.05, 3.63) is 0 Å². The van der Waals surface area contributed by atoms with Crippen LogP contribution in [0, 0.1) is 0 Å². The summed E-state index contributed by atoms with van der Waals surface area (Å²) < 4.78 is 0. The quantitative estimate of drug-likeness (QED) is 0.604. The Bertz CT molecular complexity index is 15.0. The summed E-state index contributed by atoms with van der Waals surface area (Å²) in [7, 11) is 0. The van der Waals surface area contributed by atoms with E-state index in [1.807, 2.05) is 0 Å². The molecule has 0 saturated carbocycles. The van der Waals surface area contributed by atoms with Gasteiger partial charge < -0.3 is 0 Å². The zero-order valence-electron chi connectivity index (χ0n) is 4.24. The first-order valence-corrected chi connectivity index (χ1v) is 4.31. The van der Waals surface area contributed by atoms with E-state index in [4.69, 9.17) is 0 Å². The van der Waals surface area contributed by atoms with E-state index in [1.54, 1.807) is 0 Å². The van der Waals surface area contributed by atoms with E-state index in [-0.39, 0.29) is 17.0 Å². The fourth-order valence-electron chi connectivity index (χ4n) is 0.250. The van der Waals surface area contributed by atoms with Gasteiger partial charge in [0.25, 0.3) is 0 Å². The molecule has 0 aromatic rings. The molecule has 0 saturated heterocycles. The zero-order chi connectivity index (χ0) is 4.12. The van der Waals surface area contributed by atoms with Crippen LogP contribution in [0.15, 0.2) is 0 Å². The van der Waals surface area contributed by atoms with Crippen molar-refractivity contribution in [1.82, 2.24) is 0 Å². The normalized spacial score (nSPS) is 7.17. The monoisotopic (exact) mass is 201 g/mol. The summed E-state index contributed by atoms with van der Waals surface area (Å²) in [6.07, 6.45) is 2.82. The van der Waals surface area contributed by atoms with Gasteiger partial charge in [0.05, 0.1) is 0 Å². The first-order valence-electron chi connectivity index (χ1n) is 2.21. The third kappa shape index (κ3) is 8.92. The second-order valence-electron chi connectivity index (χ2n) is 1.21. The molecule has 6 heavy (non-hydrogen) atoms. The Morgan fingerprint density at radius 1 is 1.50 bits per heavy atom. The van der Waals surface area contributed by atoms with E-state index in [1.165, 1.54) is 36.2 Å². The molecular weight excluding hydrogens is 193 g/mol. The summed E-state index contributed by atoms with van der Waals surface area (Å²) in [6, 6.07) is 0. The fraction of sp³-hybridized carbons (Fsp3) is 1.00. The molecule has 0 rings (SSSR count). The Morgan fingerprint density at radius 2 is 2.00 bits per heavy atom. The van der Waals surface area contributed by atoms with Crippen LogP contribution in [0.3, 0.4) is 0 Å². The standard InChI is InChI=1S/C4H9.BrH.Zn/c1-3-4-2;;/h1,3-4H2,2H3;1H;. The molecular formula is C4H10BrZn. The number of unbranched alkanes of at least 4 members (excludes halogenated alkanes) is 1. The van der Waals surface area contributed by atoms with Gasteiger partial charge in [-0.1, -0.05) is 0 Å². The van der Waals surface area contributed by atoms with E-state index >= 15 is 0 Å². The van der Waals surface area contributed by atoms with Crippen LogP contribution in [0.2, 0.25) is 5.02 Å². The molecule has 0 heterocycles. The van der Waals surface area contributed by atoms with Crippen LogP contribution in [0.5, 0.6) is 0 Å². The Balaban J connectivity index is 0. The minimum atomic E-state index is 0. The van der Waals surface area contributed by atoms with Crippen LogP contribution in [0.25, 0.3) is 0 Å². The predicted octanol–water partition coefficient (Wildman–Crippen LogP) is 2.33. The second kappa shape index (κ2) is 9.44. The second-order valence-corrected chi connectivity index (χ2v) is 2.69. The van der Waals surface area contributed by atoms with Crippen LogP contribution < -0.4 is 0 Å². The van der Waals surface area contributed by atoms with Crippen molar-refractivity contribution < 1.29 is 18.3 Å². The van der Waals surface area contributed by atoms with Gasteiger partial charge in [-0.25, -0.2) is 0 Å². The number of hydrogen-bond donors (Lipinski definition) is 0.